The summed E-state index contributed by atoms with van der Waals surface area (Å²) in [5.74, 6) is 2.42. The van der Waals surface area contributed by atoms with Crippen LogP contribution in [0, 0.1) is 34.5 Å². The second-order valence-corrected chi connectivity index (χ2v) is 9.27. The predicted molar refractivity (Wildman–Crippen MR) is 92.3 cm³/mol. The van der Waals surface area contributed by atoms with Gasteiger partial charge in [-0.15, -0.1) is 0 Å². The summed E-state index contributed by atoms with van der Waals surface area (Å²) in [6, 6.07) is 0. The Bertz CT molecular complexity index is 606. The fraction of sp³-hybridized carbons (Fsp3) is 0.810. The molecule has 0 aromatic rings. The highest BCUT2D eigenvalue weighted by atomic mass is 16.3. The minimum atomic E-state index is -0.298. The molecule has 0 aromatic carbocycles. The number of hydrogen-bond donors (Lipinski definition) is 1. The van der Waals surface area contributed by atoms with E-state index in [0.29, 0.717) is 30.0 Å². The van der Waals surface area contributed by atoms with Gasteiger partial charge in [-0.3, -0.25) is 9.59 Å². The van der Waals surface area contributed by atoms with Crippen molar-refractivity contribution in [2.75, 3.05) is 6.61 Å². The van der Waals surface area contributed by atoms with Gasteiger partial charge in [-0.25, -0.2) is 0 Å². The molecular formula is C21H30O3. The van der Waals surface area contributed by atoms with Crippen molar-refractivity contribution in [1.29, 1.82) is 0 Å². The Hall–Kier alpha value is -0.960. The maximum Gasteiger partial charge on any atom is 0.161 e. The molecule has 0 radical (unpaired) electrons. The van der Waals surface area contributed by atoms with Crippen LogP contribution in [-0.4, -0.2) is 23.3 Å². The first-order chi connectivity index (χ1) is 11.4. The molecule has 0 heterocycles. The molecule has 6 atom stereocenters. The third-order valence-electron chi connectivity index (χ3n) is 8.51. The van der Waals surface area contributed by atoms with E-state index in [0.717, 1.165) is 32.1 Å². The van der Waals surface area contributed by atoms with Crippen molar-refractivity contribution in [1.82, 2.24) is 0 Å². The first-order valence-electron chi connectivity index (χ1n) is 9.77. The summed E-state index contributed by atoms with van der Waals surface area (Å²) in [6.07, 6.45) is 10.3. The van der Waals surface area contributed by atoms with Crippen molar-refractivity contribution in [3.05, 3.63) is 11.6 Å². The van der Waals surface area contributed by atoms with Gasteiger partial charge in [0.25, 0.3) is 0 Å². The lowest BCUT2D eigenvalue weighted by atomic mass is 9.46. The minimum Gasteiger partial charge on any atom is -0.389 e. The van der Waals surface area contributed by atoms with Gasteiger partial charge in [0, 0.05) is 12.3 Å². The van der Waals surface area contributed by atoms with Crippen LogP contribution in [0.15, 0.2) is 11.6 Å². The van der Waals surface area contributed by atoms with E-state index in [1.807, 2.05) is 6.08 Å². The molecule has 0 aliphatic heterocycles. The van der Waals surface area contributed by atoms with Crippen molar-refractivity contribution in [2.24, 2.45) is 34.5 Å². The first kappa shape index (κ1) is 16.5. The van der Waals surface area contributed by atoms with Gasteiger partial charge in [-0.2, -0.15) is 0 Å². The van der Waals surface area contributed by atoms with Gasteiger partial charge in [0.15, 0.2) is 11.6 Å². The van der Waals surface area contributed by atoms with Gasteiger partial charge in [-0.1, -0.05) is 19.4 Å². The van der Waals surface area contributed by atoms with E-state index >= 15 is 0 Å². The van der Waals surface area contributed by atoms with E-state index in [-0.39, 0.29) is 29.1 Å². The number of ketones is 2. The third-order valence-corrected chi connectivity index (χ3v) is 8.51. The highest BCUT2D eigenvalue weighted by Crippen LogP contribution is 2.66. The van der Waals surface area contributed by atoms with Crippen LogP contribution in [0.2, 0.25) is 0 Å². The molecule has 3 heteroatoms. The van der Waals surface area contributed by atoms with Crippen LogP contribution in [0.4, 0.5) is 0 Å². The van der Waals surface area contributed by atoms with Gasteiger partial charge in [0.1, 0.15) is 6.61 Å². The zero-order valence-corrected chi connectivity index (χ0v) is 15.0. The second kappa shape index (κ2) is 5.52. The number of carbonyl (C=O) groups excluding carboxylic acids is 2. The zero-order valence-electron chi connectivity index (χ0n) is 15.0. The number of allylic oxidation sites excluding steroid dienone is 1. The summed E-state index contributed by atoms with van der Waals surface area (Å²) in [7, 11) is 0. The Morgan fingerprint density at radius 3 is 2.67 bits per heavy atom. The van der Waals surface area contributed by atoms with Gasteiger partial charge in [0.05, 0.1) is 0 Å². The Morgan fingerprint density at radius 1 is 1.12 bits per heavy atom. The summed E-state index contributed by atoms with van der Waals surface area (Å²) in [4.78, 5) is 24.1. The van der Waals surface area contributed by atoms with Crippen LogP contribution in [-0.2, 0) is 9.59 Å². The standard InChI is InChI=1S/C21H30O3/c1-20-9-7-14(23)11-13(20)3-4-15-16-5-6-18(19(24)12-22)21(16,2)10-8-17(15)20/h11,15-18,22H,3-10,12H2,1-2H3/t15-,16-,17-,18+,20+,21-/m1/s1. The summed E-state index contributed by atoms with van der Waals surface area (Å²) < 4.78 is 0. The zero-order chi connectivity index (χ0) is 17.1. The second-order valence-electron chi connectivity index (χ2n) is 9.27. The normalized spacial score (nSPS) is 47.5. The van der Waals surface area contributed by atoms with E-state index in [9.17, 15) is 14.7 Å². The van der Waals surface area contributed by atoms with Gasteiger partial charge >= 0.3 is 0 Å². The largest absolute Gasteiger partial charge is 0.389 e. The Kier molecular flexibility index (Phi) is 3.80. The lowest BCUT2D eigenvalue weighted by molar-refractivity contribution is -0.133. The lowest BCUT2D eigenvalue weighted by Crippen LogP contribution is -2.51. The molecule has 4 aliphatic rings. The Morgan fingerprint density at radius 2 is 1.92 bits per heavy atom. The van der Waals surface area contributed by atoms with Crippen LogP contribution in [0.5, 0.6) is 0 Å². The van der Waals surface area contributed by atoms with E-state index in [1.54, 1.807) is 0 Å². The molecule has 4 rings (SSSR count). The molecule has 0 saturated heterocycles. The quantitative estimate of drug-likeness (QED) is 0.840. The van der Waals surface area contributed by atoms with Gasteiger partial charge in [0.2, 0.25) is 0 Å². The monoisotopic (exact) mass is 330 g/mol. The SMILES string of the molecule is C[C@@]12CC[C@@H]3[C@H](CCC4=CC(=O)CC[C@@]43C)[C@H]1CC[C@H]2C(=O)CO. The lowest BCUT2D eigenvalue weighted by Gasteiger charge is -2.58. The van der Waals surface area contributed by atoms with Crippen molar-refractivity contribution >= 4 is 11.6 Å². The van der Waals surface area contributed by atoms with Crippen molar-refractivity contribution in [3.63, 3.8) is 0 Å². The minimum absolute atomic E-state index is 0.0596. The Labute approximate surface area is 144 Å². The highest BCUT2D eigenvalue weighted by Gasteiger charge is 2.59. The molecule has 0 unspecified atom stereocenters. The van der Waals surface area contributed by atoms with E-state index in [1.165, 1.54) is 18.4 Å². The fourth-order valence-corrected chi connectivity index (χ4v) is 7.20. The molecule has 24 heavy (non-hydrogen) atoms. The average molecular weight is 330 g/mol. The molecule has 3 fully saturated rings. The maximum atomic E-state index is 12.3. The number of aliphatic hydroxyl groups excluding tert-OH is 1. The molecule has 3 nitrogen and oxygen atoms in total. The molecule has 3 saturated carbocycles. The topological polar surface area (TPSA) is 54.4 Å². The van der Waals surface area contributed by atoms with Crippen LogP contribution < -0.4 is 0 Å². The van der Waals surface area contributed by atoms with Crippen molar-refractivity contribution < 1.29 is 14.7 Å². The molecule has 4 aliphatic carbocycles. The molecule has 132 valence electrons. The van der Waals surface area contributed by atoms with Gasteiger partial charge < -0.3 is 5.11 Å². The molecule has 1 N–H and O–H groups in total. The molecule has 0 aromatic heterocycles. The molecular weight excluding hydrogens is 300 g/mol. The molecule has 0 bridgehead atoms. The summed E-state index contributed by atoms with van der Waals surface area (Å²) in [5, 5.41) is 9.36. The van der Waals surface area contributed by atoms with E-state index in [2.05, 4.69) is 13.8 Å². The smallest absolute Gasteiger partial charge is 0.161 e. The summed E-state index contributed by atoms with van der Waals surface area (Å²) >= 11 is 0. The first-order valence-corrected chi connectivity index (χ1v) is 9.77. The third kappa shape index (κ3) is 2.13. The average Bonchev–Trinajstić information content (AvgIpc) is 2.92. The predicted octanol–water partition coefficient (Wildman–Crippen LogP) is 3.70. The van der Waals surface area contributed by atoms with Crippen molar-refractivity contribution in [2.45, 2.75) is 65.2 Å². The summed E-state index contributed by atoms with van der Waals surface area (Å²) in [6.45, 7) is 4.42. The van der Waals surface area contributed by atoms with E-state index < -0.39 is 0 Å². The number of hydrogen-bond acceptors (Lipinski definition) is 3. The number of rotatable bonds is 2. The number of carbonyl (C=O) groups is 2. The number of fused-ring (bicyclic) bond motifs is 5. The fourth-order valence-electron chi connectivity index (χ4n) is 7.20. The molecule has 0 amide bonds. The molecule has 0 spiro atoms. The Balaban J connectivity index is 1.65. The van der Waals surface area contributed by atoms with Crippen LogP contribution in [0.1, 0.15) is 65.2 Å². The highest BCUT2D eigenvalue weighted by molar-refractivity contribution is 5.91. The summed E-state index contributed by atoms with van der Waals surface area (Å²) in [5.41, 5.74) is 1.70. The number of Topliss-reactive ketones (excluding diaryl/α,β-unsaturated/α-hetero) is 1. The van der Waals surface area contributed by atoms with Crippen LogP contribution in [0.25, 0.3) is 0 Å². The van der Waals surface area contributed by atoms with E-state index in [4.69, 9.17) is 0 Å². The van der Waals surface area contributed by atoms with Crippen LogP contribution in [0.3, 0.4) is 0 Å². The van der Waals surface area contributed by atoms with Crippen LogP contribution >= 0.6 is 0 Å². The maximum absolute atomic E-state index is 12.3. The van der Waals surface area contributed by atoms with Gasteiger partial charge in [-0.05, 0) is 79.6 Å². The number of aliphatic hydroxyl groups is 1. The van der Waals surface area contributed by atoms with Crippen molar-refractivity contribution in [3.8, 4) is 0 Å².